The van der Waals surface area contributed by atoms with Crippen LogP contribution >= 0.6 is 23.1 Å². The van der Waals surface area contributed by atoms with Crippen molar-refractivity contribution in [2.75, 3.05) is 18.4 Å². The van der Waals surface area contributed by atoms with Crippen molar-refractivity contribution in [3.05, 3.63) is 53.4 Å². The Labute approximate surface area is 153 Å². The molecule has 3 aromatic rings. The van der Waals surface area contributed by atoms with Crippen molar-refractivity contribution in [2.45, 2.75) is 4.90 Å². The molecule has 2 heterocycles. The van der Waals surface area contributed by atoms with Gasteiger partial charge >= 0.3 is 0 Å². The van der Waals surface area contributed by atoms with E-state index in [0.717, 1.165) is 11.3 Å². The second-order valence-electron chi connectivity index (χ2n) is 5.29. The summed E-state index contributed by atoms with van der Waals surface area (Å²) in [6, 6.07) is 13.3. The molecule has 1 aromatic heterocycles. The summed E-state index contributed by atoms with van der Waals surface area (Å²) in [4.78, 5) is 18.1. The van der Waals surface area contributed by atoms with Gasteiger partial charge in [-0.2, -0.15) is 0 Å². The van der Waals surface area contributed by atoms with Gasteiger partial charge in [0.1, 0.15) is 0 Å². The predicted octanol–water partition coefficient (Wildman–Crippen LogP) is 4.51. The first-order chi connectivity index (χ1) is 12.2. The number of benzene rings is 2. The third-order valence-electron chi connectivity index (χ3n) is 3.75. The van der Waals surface area contributed by atoms with Crippen LogP contribution in [0.15, 0.2) is 52.7 Å². The van der Waals surface area contributed by atoms with Crippen LogP contribution in [0.2, 0.25) is 0 Å². The van der Waals surface area contributed by atoms with Crippen molar-refractivity contribution in [3.63, 3.8) is 0 Å². The minimum absolute atomic E-state index is 0.186. The van der Waals surface area contributed by atoms with Crippen molar-refractivity contribution in [1.82, 2.24) is 4.98 Å². The molecule has 0 unspecified atom stereocenters. The van der Waals surface area contributed by atoms with E-state index in [9.17, 15) is 4.79 Å². The van der Waals surface area contributed by atoms with Crippen molar-refractivity contribution < 1.29 is 14.3 Å². The largest absolute Gasteiger partial charge is 0.454 e. The van der Waals surface area contributed by atoms with E-state index < -0.39 is 0 Å². The van der Waals surface area contributed by atoms with E-state index in [4.69, 9.17) is 9.47 Å². The lowest BCUT2D eigenvalue weighted by molar-refractivity contribution is 0.102. The van der Waals surface area contributed by atoms with Crippen LogP contribution in [0, 0.1) is 0 Å². The number of nitrogens with one attached hydrogen (secondary N) is 1. The Bertz CT molecular complexity index is 922. The smallest absolute Gasteiger partial charge is 0.257 e. The molecule has 0 spiro atoms. The van der Waals surface area contributed by atoms with Gasteiger partial charge in [-0.15, -0.1) is 23.1 Å². The molecule has 0 radical (unpaired) electrons. The van der Waals surface area contributed by atoms with E-state index in [2.05, 4.69) is 22.4 Å². The standard InChI is InChI=1S/C18H14N2O3S2/c1-24-13-5-2-11(3-6-13)14-9-25-18(19-14)20-17(21)12-4-7-15-16(8-12)23-10-22-15/h2-9H,10H2,1H3,(H,19,20,21). The first-order valence-corrected chi connectivity index (χ1v) is 9.64. The van der Waals surface area contributed by atoms with Gasteiger partial charge in [0, 0.05) is 21.4 Å². The molecular weight excluding hydrogens is 356 g/mol. The Morgan fingerprint density at radius 1 is 1.16 bits per heavy atom. The van der Waals surface area contributed by atoms with Gasteiger partial charge in [0.2, 0.25) is 6.79 Å². The maximum absolute atomic E-state index is 12.4. The Balaban J connectivity index is 1.49. The van der Waals surface area contributed by atoms with Crippen molar-refractivity contribution >= 4 is 34.1 Å². The topological polar surface area (TPSA) is 60.5 Å². The Kier molecular flexibility index (Phi) is 4.33. The van der Waals surface area contributed by atoms with E-state index in [1.54, 1.807) is 30.0 Å². The quantitative estimate of drug-likeness (QED) is 0.685. The number of amides is 1. The maximum Gasteiger partial charge on any atom is 0.257 e. The average Bonchev–Trinajstić information content (AvgIpc) is 3.30. The minimum atomic E-state index is -0.225. The van der Waals surface area contributed by atoms with Gasteiger partial charge in [-0.3, -0.25) is 10.1 Å². The highest BCUT2D eigenvalue weighted by molar-refractivity contribution is 7.98. The monoisotopic (exact) mass is 370 g/mol. The lowest BCUT2D eigenvalue weighted by Crippen LogP contribution is -2.11. The molecule has 1 amide bonds. The molecular formula is C18H14N2O3S2. The second-order valence-corrected chi connectivity index (χ2v) is 7.03. The van der Waals surface area contributed by atoms with E-state index in [1.165, 1.54) is 16.2 Å². The molecule has 0 aliphatic carbocycles. The van der Waals surface area contributed by atoms with Crippen LogP contribution in [0.3, 0.4) is 0 Å². The number of rotatable bonds is 4. The number of carbonyl (C=O) groups excluding carboxylic acids is 1. The SMILES string of the molecule is CSc1ccc(-c2csc(NC(=O)c3ccc4c(c3)OCO4)n2)cc1. The first-order valence-electron chi connectivity index (χ1n) is 7.54. The molecule has 0 atom stereocenters. The van der Waals surface area contributed by atoms with Crippen LogP contribution in [0.4, 0.5) is 5.13 Å². The van der Waals surface area contributed by atoms with Gasteiger partial charge in [-0.1, -0.05) is 12.1 Å². The lowest BCUT2D eigenvalue weighted by Gasteiger charge is -2.03. The van der Waals surface area contributed by atoms with E-state index in [0.29, 0.717) is 22.2 Å². The molecule has 7 heteroatoms. The molecule has 4 rings (SSSR count). The van der Waals surface area contributed by atoms with E-state index in [-0.39, 0.29) is 12.7 Å². The van der Waals surface area contributed by atoms with Gasteiger partial charge in [0.25, 0.3) is 5.91 Å². The summed E-state index contributed by atoms with van der Waals surface area (Å²) in [6.45, 7) is 0.186. The summed E-state index contributed by atoms with van der Waals surface area (Å²) in [6.07, 6.45) is 2.04. The number of ether oxygens (including phenoxy) is 2. The van der Waals surface area contributed by atoms with Gasteiger partial charge in [-0.25, -0.2) is 4.98 Å². The Morgan fingerprint density at radius 3 is 2.76 bits per heavy atom. The van der Waals surface area contributed by atoms with Crippen LogP contribution in [0.1, 0.15) is 10.4 Å². The van der Waals surface area contributed by atoms with Crippen LogP contribution in [-0.4, -0.2) is 23.9 Å². The fourth-order valence-corrected chi connectivity index (χ4v) is 3.56. The average molecular weight is 370 g/mol. The zero-order valence-electron chi connectivity index (χ0n) is 13.3. The van der Waals surface area contributed by atoms with Gasteiger partial charge < -0.3 is 9.47 Å². The van der Waals surface area contributed by atoms with E-state index >= 15 is 0 Å². The number of thioether (sulfide) groups is 1. The van der Waals surface area contributed by atoms with Crippen molar-refractivity contribution in [1.29, 1.82) is 0 Å². The summed E-state index contributed by atoms with van der Waals surface area (Å²) < 4.78 is 10.6. The zero-order chi connectivity index (χ0) is 17.2. The number of carbonyl (C=O) groups is 1. The molecule has 0 saturated carbocycles. The molecule has 5 nitrogen and oxygen atoms in total. The summed E-state index contributed by atoms with van der Waals surface area (Å²) in [5, 5.41) is 5.33. The summed E-state index contributed by atoms with van der Waals surface area (Å²) in [5.41, 5.74) is 2.38. The molecule has 25 heavy (non-hydrogen) atoms. The number of thiazole rings is 1. The van der Waals surface area contributed by atoms with Crippen molar-refractivity contribution in [2.24, 2.45) is 0 Å². The molecule has 2 aromatic carbocycles. The molecule has 126 valence electrons. The fraction of sp³-hybridized carbons (Fsp3) is 0.111. The normalized spacial score (nSPS) is 12.2. The highest BCUT2D eigenvalue weighted by Crippen LogP contribution is 2.33. The van der Waals surface area contributed by atoms with E-state index in [1.807, 2.05) is 23.8 Å². The molecule has 1 aliphatic heterocycles. The number of fused-ring (bicyclic) bond motifs is 1. The second kappa shape index (κ2) is 6.78. The molecule has 0 saturated heterocycles. The van der Waals surface area contributed by atoms with Crippen LogP contribution < -0.4 is 14.8 Å². The number of anilines is 1. The molecule has 1 aliphatic rings. The molecule has 0 bridgehead atoms. The molecule has 1 N–H and O–H groups in total. The van der Waals surface area contributed by atoms with Gasteiger partial charge in [-0.05, 0) is 36.6 Å². The van der Waals surface area contributed by atoms with Crippen LogP contribution in [-0.2, 0) is 0 Å². The number of hydrogen-bond acceptors (Lipinski definition) is 6. The molecule has 0 fully saturated rings. The Morgan fingerprint density at radius 2 is 1.96 bits per heavy atom. The van der Waals surface area contributed by atoms with Gasteiger partial charge in [0.15, 0.2) is 16.6 Å². The Hall–Kier alpha value is -2.51. The summed E-state index contributed by atoms with van der Waals surface area (Å²) in [5.74, 6) is 1.01. The summed E-state index contributed by atoms with van der Waals surface area (Å²) >= 11 is 3.10. The summed E-state index contributed by atoms with van der Waals surface area (Å²) in [7, 11) is 0. The third kappa shape index (κ3) is 3.33. The highest BCUT2D eigenvalue weighted by atomic mass is 32.2. The highest BCUT2D eigenvalue weighted by Gasteiger charge is 2.17. The number of hydrogen-bond donors (Lipinski definition) is 1. The zero-order valence-corrected chi connectivity index (χ0v) is 14.9. The predicted molar refractivity (Wildman–Crippen MR) is 99.8 cm³/mol. The maximum atomic E-state index is 12.4. The minimum Gasteiger partial charge on any atom is -0.454 e. The third-order valence-corrected chi connectivity index (χ3v) is 5.25. The number of nitrogens with zero attached hydrogens (tertiary/aromatic N) is 1. The van der Waals surface area contributed by atoms with Gasteiger partial charge in [0.05, 0.1) is 5.69 Å². The van der Waals surface area contributed by atoms with Crippen LogP contribution in [0.5, 0.6) is 11.5 Å². The first kappa shape index (κ1) is 16.0. The lowest BCUT2D eigenvalue weighted by atomic mass is 10.2. The number of aromatic nitrogens is 1. The van der Waals surface area contributed by atoms with Crippen LogP contribution in [0.25, 0.3) is 11.3 Å². The fourth-order valence-electron chi connectivity index (χ4n) is 2.43. The van der Waals surface area contributed by atoms with Crippen molar-refractivity contribution in [3.8, 4) is 22.8 Å².